The summed E-state index contributed by atoms with van der Waals surface area (Å²) in [6, 6.07) is 7.63. The Bertz CT molecular complexity index is 613. The van der Waals surface area contributed by atoms with Crippen molar-refractivity contribution in [3.8, 4) is 0 Å². The number of nitrogens with zero attached hydrogens (tertiary/aromatic N) is 1. The lowest BCUT2D eigenvalue weighted by atomic mass is 10.0. The van der Waals surface area contributed by atoms with Gasteiger partial charge in [-0.3, -0.25) is 4.79 Å². The monoisotopic (exact) mass is 310 g/mol. The number of benzene rings is 1. The fourth-order valence-corrected chi connectivity index (χ4v) is 4.44. The van der Waals surface area contributed by atoms with Gasteiger partial charge in [-0.2, -0.15) is 0 Å². The van der Waals surface area contributed by atoms with Crippen LogP contribution >= 0.6 is 0 Å². The summed E-state index contributed by atoms with van der Waals surface area (Å²) in [5, 5.41) is 2.90. The number of sulfone groups is 1. The van der Waals surface area contributed by atoms with Crippen molar-refractivity contribution in [3.05, 3.63) is 24.3 Å². The number of hydrogen-bond acceptors (Lipinski definition) is 4. The smallest absolute Gasteiger partial charge is 0.224 e. The van der Waals surface area contributed by atoms with E-state index in [0.717, 1.165) is 17.9 Å². The Morgan fingerprint density at radius 3 is 2.71 bits per heavy atom. The summed E-state index contributed by atoms with van der Waals surface area (Å²) in [5.41, 5.74) is 1.74. The second-order valence-electron chi connectivity index (χ2n) is 5.55. The molecule has 0 radical (unpaired) electrons. The van der Waals surface area contributed by atoms with Gasteiger partial charge in [-0.15, -0.1) is 0 Å². The van der Waals surface area contributed by atoms with Crippen LogP contribution in [0.25, 0.3) is 0 Å². The zero-order chi connectivity index (χ0) is 15.5. The van der Waals surface area contributed by atoms with E-state index in [0.29, 0.717) is 6.42 Å². The molecule has 0 unspecified atom stereocenters. The minimum absolute atomic E-state index is 0.0499. The zero-order valence-electron chi connectivity index (χ0n) is 12.5. The summed E-state index contributed by atoms with van der Waals surface area (Å²) in [6.45, 7) is 2.88. The molecule has 0 spiro atoms. The third kappa shape index (κ3) is 4.20. The lowest BCUT2D eigenvalue weighted by Crippen LogP contribution is -2.21. The van der Waals surface area contributed by atoms with Crippen molar-refractivity contribution in [2.24, 2.45) is 5.92 Å². The Morgan fingerprint density at radius 2 is 2.10 bits per heavy atom. The van der Waals surface area contributed by atoms with E-state index in [1.807, 2.05) is 38.2 Å². The average Bonchev–Trinajstić information content (AvgIpc) is 2.77. The maximum absolute atomic E-state index is 12.1. The van der Waals surface area contributed by atoms with Gasteiger partial charge in [-0.1, -0.05) is 12.1 Å². The number of carbonyl (C=O) groups is 1. The third-order valence-electron chi connectivity index (χ3n) is 3.86. The fraction of sp³-hybridized carbons (Fsp3) is 0.533. The van der Waals surface area contributed by atoms with E-state index in [1.165, 1.54) is 0 Å². The maximum Gasteiger partial charge on any atom is 0.224 e. The summed E-state index contributed by atoms with van der Waals surface area (Å²) >= 11 is 0. The predicted molar refractivity (Wildman–Crippen MR) is 85.4 cm³/mol. The molecule has 1 fully saturated rings. The number of nitrogens with one attached hydrogen (secondary N) is 1. The first-order valence-electron chi connectivity index (χ1n) is 7.21. The molecule has 0 aromatic heterocycles. The number of carbonyl (C=O) groups excluding carboxylic acids is 1. The molecule has 1 aliphatic rings. The Labute approximate surface area is 126 Å². The van der Waals surface area contributed by atoms with Gasteiger partial charge in [0.05, 0.1) is 22.9 Å². The van der Waals surface area contributed by atoms with Crippen LogP contribution < -0.4 is 10.2 Å². The summed E-state index contributed by atoms with van der Waals surface area (Å²) in [5.74, 6) is 0.178. The molecule has 2 rings (SSSR count). The second kappa shape index (κ2) is 6.47. The van der Waals surface area contributed by atoms with Crippen molar-refractivity contribution >= 4 is 27.1 Å². The molecule has 1 saturated heterocycles. The second-order valence-corrected chi connectivity index (χ2v) is 7.78. The topological polar surface area (TPSA) is 66.5 Å². The molecule has 1 amide bonds. The first-order valence-corrected chi connectivity index (χ1v) is 9.04. The lowest BCUT2D eigenvalue weighted by Gasteiger charge is -2.21. The number of anilines is 2. The Kier molecular flexibility index (Phi) is 4.88. The zero-order valence-corrected chi connectivity index (χ0v) is 13.3. The van der Waals surface area contributed by atoms with E-state index in [2.05, 4.69) is 10.2 Å². The molecule has 6 heteroatoms. The summed E-state index contributed by atoms with van der Waals surface area (Å²) < 4.78 is 22.8. The molecule has 1 aromatic rings. The molecule has 1 heterocycles. The van der Waals surface area contributed by atoms with Crippen LogP contribution in [0.4, 0.5) is 11.4 Å². The normalized spacial score (nSPS) is 20.2. The van der Waals surface area contributed by atoms with Gasteiger partial charge in [-0.25, -0.2) is 8.42 Å². The van der Waals surface area contributed by atoms with E-state index in [9.17, 15) is 13.2 Å². The number of para-hydroxylation sites is 2. The Balaban J connectivity index is 2.00. The van der Waals surface area contributed by atoms with Gasteiger partial charge < -0.3 is 10.2 Å². The van der Waals surface area contributed by atoms with Gasteiger partial charge >= 0.3 is 0 Å². The number of hydrogen-bond donors (Lipinski definition) is 1. The highest BCUT2D eigenvalue weighted by atomic mass is 32.2. The van der Waals surface area contributed by atoms with Gasteiger partial charge in [0, 0.05) is 20.0 Å². The Morgan fingerprint density at radius 1 is 1.38 bits per heavy atom. The first kappa shape index (κ1) is 15.8. The van der Waals surface area contributed by atoms with Crippen LogP contribution in [0.2, 0.25) is 0 Å². The maximum atomic E-state index is 12.1. The van der Waals surface area contributed by atoms with Crippen LogP contribution in [-0.4, -0.2) is 39.4 Å². The highest BCUT2D eigenvalue weighted by Gasteiger charge is 2.29. The first-order chi connectivity index (χ1) is 9.91. The highest BCUT2D eigenvalue weighted by Crippen LogP contribution is 2.26. The molecule has 21 heavy (non-hydrogen) atoms. The van der Waals surface area contributed by atoms with E-state index >= 15 is 0 Å². The van der Waals surface area contributed by atoms with Gasteiger partial charge in [0.2, 0.25) is 5.91 Å². The molecule has 5 nitrogen and oxygen atoms in total. The highest BCUT2D eigenvalue weighted by molar-refractivity contribution is 7.91. The van der Waals surface area contributed by atoms with Crippen LogP contribution in [0.15, 0.2) is 24.3 Å². The lowest BCUT2D eigenvalue weighted by molar-refractivity contribution is -0.116. The molecular formula is C15H22N2O3S. The number of amides is 1. The van der Waals surface area contributed by atoms with Crippen LogP contribution in [0, 0.1) is 5.92 Å². The van der Waals surface area contributed by atoms with Gasteiger partial charge in [-0.05, 0) is 31.4 Å². The summed E-state index contributed by atoms with van der Waals surface area (Å²) in [7, 11) is -0.961. The molecule has 1 atom stereocenters. The minimum atomic E-state index is -2.93. The molecule has 0 saturated carbocycles. The van der Waals surface area contributed by atoms with Gasteiger partial charge in [0.1, 0.15) is 0 Å². The fourth-order valence-electron chi connectivity index (χ4n) is 2.58. The van der Waals surface area contributed by atoms with E-state index in [4.69, 9.17) is 0 Å². The summed E-state index contributed by atoms with van der Waals surface area (Å²) in [6.07, 6.45) is 0.857. The van der Waals surface area contributed by atoms with Crippen molar-refractivity contribution in [1.29, 1.82) is 0 Å². The quantitative estimate of drug-likeness (QED) is 0.902. The average molecular weight is 310 g/mol. The predicted octanol–water partition coefficient (Wildman–Crippen LogP) is 1.91. The molecule has 1 aromatic carbocycles. The van der Waals surface area contributed by atoms with Crippen molar-refractivity contribution < 1.29 is 13.2 Å². The van der Waals surface area contributed by atoms with Crippen LogP contribution in [0.5, 0.6) is 0 Å². The van der Waals surface area contributed by atoms with Gasteiger partial charge in [0.25, 0.3) is 0 Å². The molecule has 0 bridgehead atoms. The Hall–Kier alpha value is -1.56. The van der Waals surface area contributed by atoms with E-state index < -0.39 is 9.84 Å². The van der Waals surface area contributed by atoms with Crippen LogP contribution in [-0.2, 0) is 14.6 Å². The van der Waals surface area contributed by atoms with Gasteiger partial charge in [0.15, 0.2) is 9.84 Å². The third-order valence-corrected chi connectivity index (χ3v) is 5.70. The van der Waals surface area contributed by atoms with Crippen molar-refractivity contribution in [2.45, 2.75) is 19.8 Å². The SMILES string of the molecule is CCN(C)c1ccccc1NC(=O)C[C@@H]1CCS(=O)(=O)C1. The van der Waals surface area contributed by atoms with Crippen molar-refractivity contribution in [3.63, 3.8) is 0 Å². The summed E-state index contributed by atoms with van der Waals surface area (Å²) in [4.78, 5) is 14.2. The molecule has 0 aliphatic carbocycles. The van der Waals surface area contributed by atoms with E-state index in [-0.39, 0.29) is 29.8 Å². The van der Waals surface area contributed by atoms with Crippen LogP contribution in [0.3, 0.4) is 0 Å². The standard InChI is InChI=1S/C15H22N2O3S/c1-3-17(2)14-7-5-4-6-13(14)16-15(18)10-12-8-9-21(19,20)11-12/h4-7,12H,3,8-11H2,1-2H3,(H,16,18)/t12-/m0/s1. The minimum Gasteiger partial charge on any atom is -0.373 e. The molecular weight excluding hydrogens is 288 g/mol. The molecule has 1 N–H and O–H groups in total. The largest absolute Gasteiger partial charge is 0.373 e. The molecule has 116 valence electrons. The van der Waals surface area contributed by atoms with Crippen molar-refractivity contribution in [2.75, 3.05) is 35.3 Å². The van der Waals surface area contributed by atoms with E-state index in [1.54, 1.807) is 0 Å². The number of rotatable bonds is 5. The van der Waals surface area contributed by atoms with Crippen molar-refractivity contribution in [1.82, 2.24) is 0 Å². The van der Waals surface area contributed by atoms with Crippen LogP contribution in [0.1, 0.15) is 19.8 Å². The molecule has 1 aliphatic heterocycles.